The molecule has 0 N–H and O–H groups in total. The fraction of sp³-hybridized carbons (Fsp3) is 0.375. The lowest BCUT2D eigenvalue weighted by molar-refractivity contribution is 0.535. The van der Waals surface area contributed by atoms with Crippen LogP contribution in [0.3, 0.4) is 0 Å². The van der Waals surface area contributed by atoms with Gasteiger partial charge in [-0.1, -0.05) is 24.3 Å². The van der Waals surface area contributed by atoms with E-state index in [2.05, 4.69) is 48.0 Å². The molecule has 0 saturated heterocycles. The molecule has 0 fully saturated rings. The minimum absolute atomic E-state index is 0.577. The molecule has 0 saturated carbocycles. The van der Waals surface area contributed by atoms with Gasteiger partial charge in [0, 0.05) is 5.88 Å². The molecule has 0 spiro atoms. The van der Waals surface area contributed by atoms with E-state index in [1.807, 2.05) is 0 Å². The van der Waals surface area contributed by atoms with E-state index in [0.29, 0.717) is 5.92 Å². The van der Waals surface area contributed by atoms with Crippen LogP contribution in [-0.2, 0) is 12.8 Å². The van der Waals surface area contributed by atoms with E-state index in [-0.39, 0.29) is 0 Å². The maximum absolute atomic E-state index is 6.11. The van der Waals surface area contributed by atoms with Crippen LogP contribution in [0.4, 0.5) is 0 Å². The largest absolute Gasteiger partial charge is 0.152 e. The average molecular weight is 279 g/mol. The van der Waals surface area contributed by atoms with Gasteiger partial charge in [-0.2, -0.15) is 11.3 Å². The van der Waals surface area contributed by atoms with Crippen molar-refractivity contribution in [1.82, 2.24) is 0 Å². The molecule has 1 atom stereocenters. The van der Waals surface area contributed by atoms with Crippen LogP contribution >= 0.6 is 22.9 Å². The molecular formula is C16H19ClS. The molecule has 2 rings (SSSR count). The second kappa shape index (κ2) is 6.96. The van der Waals surface area contributed by atoms with Gasteiger partial charge in [-0.05, 0) is 65.6 Å². The minimum atomic E-state index is 0.577. The smallest absolute Gasteiger partial charge is 0.0255 e. The van der Waals surface area contributed by atoms with Crippen LogP contribution in [0.25, 0.3) is 0 Å². The summed E-state index contributed by atoms with van der Waals surface area (Å²) in [5.41, 5.74) is 4.26. The summed E-state index contributed by atoms with van der Waals surface area (Å²) in [6.45, 7) is 2.18. The van der Waals surface area contributed by atoms with E-state index < -0.39 is 0 Å². The predicted molar refractivity (Wildman–Crippen MR) is 81.7 cm³/mol. The third-order valence-corrected chi connectivity index (χ3v) is 4.58. The second-order valence-electron chi connectivity index (χ2n) is 4.82. The van der Waals surface area contributed by atoms with Gasteiger partial charge in [0.1, 0.15) is 0 Å². The second-order valence-corrected chi connectivity index (χ2v) is 5.91. The maximum atomic E-state index is 6.11. The molecule has 1 aromatic heterocycles. The fourth-order valence-corrected chi connectivity index (χ4v) is 3.16. The fourth-order valence-electron chi connectivity index (χ4n) is 2.19. The van der Waals surface area contributed by atoms with Gasteiger partial charge < -0.3 is 0 Å². The van der Waals surface area contributed by atoms with Crippen LogP contribution in [0.2, 0.25) is 0 Å². The van der Waals surface area contributed by atoms with E-state index in [4.69, 9.17) is 11.6 Å². The van der Waals surface area contributed by atoms with Gasteiger partial charge in [-0.25, -0.2) is 0 Å². The Kier molecular flexibility index (Phi) is 5.27. The number of aryl methyl sites for hydroxylation is 2. The number of hydrogen-bond acceptors (Lipinski definition) is 1. The Morgan fingerprint density at radius 2 is 2.06 bits per heavy atom. The minimum Gasteiger partial charge on any atom is -0.152 e. The molecule has 1 unspecified atom stereocenters. The van der Waals surface area contributed by atoms with Gasteiger partial charge in [0.15, 0.2) is 0 Å². The quantitative estimate of drug-likeness (QED) is 0.646. The highest BCUT2D eigenvalue weighted by atomic mass is 35.5. The van der Waals surface area contributed by atoms with Gasteiger partial charge in [0.2, 0.25) is 0 Å². The lowest BCUT2D eigenvalue weighted by Crippen LogP contribution is -2.08. The first-order valence-electron chi connectivity index (χ1n) is 6.41. The van der Waals surface area contributed by atoms with Crippen molar-refractivity contribution in [3.05, 3.63) is 57.8 Å². The predicted octanol–water partition coefficient (Wildman–Crippen LogP) is 5.09. The molecular weight excluding hydrogens is 260 g/mol. The molecule has 0 aliphatic rings. The lowest BCUT2D eigenvalue weighted by Gasteiger charge is -2.15. The maximum Gasteiger partial charge on any atom is 0.0255 e. The topological polar surface area (TPSA) is 0 Å². The molecule has 1 aromatic carbocycles. The van der Waals surface area contributed by atoms with Gasteiger partial charge in [-0.3, -0.25) is 0 Å². The van der Waals surface area contributed by atoms with Crippen molar-refractivity contribution in [3.8, 4) is 0 Å². The van der Waals surface area contributed by atoms with Gasteiger partial charge >= 0.3 is 0 Å². The first kappa shape index (κ1) is 13.6. The van der Waals surface area contributed by atoms with Crippen molar-refractivity contribution >= 4 is 22.9 Å². The number of rotatable bonds is 6. The Bertz CT molecular complexity index is 462. The zero-order chi connectivity index (χ0) is 12.8. The summed E-state index contributed by atoms with van der Waals surface area (Å²) in [4.78, 5) is 0. The van der Waals surface area contributed by atoms with Crippen LogP contribution in [0.1, 0.15) is 23.1 Å². The number of halogens is 1. The first-order chi connectivity index (χ1) is 8.79. The first-order valence-corrected chi connectivity index (χ1v) is 7.89. The summed E-state index contributed by atoms with van der Waals surface area (Å²) < 4.78 is 0. The molecule has 0 aliphatic carbocycles. The van der Waals surface area contributed by atoms with E-state index in [9.17, 15) is 0 Å². The monoisotopic (exact) mass is 278 g/mol. The highest BCUT2D eigenvalue weighted by molar-refractivity contribution is 7.07. The normalized spacial score (nSPS) is 12.6. The van der Waals surface area contributed by atoms with Crippen LogP contribution < -0.4 is 0 Å². The average Bonchev–Trinajstić information content (AvgIpc) is 2.90. The third kappa shape index (κ3) is 3.86. The molecule has 0 bridgehead atoms. The van der Waals surface area contributed by atoms with Crippen molar-refractivity contribution in [3.63, 3.8) is 0 Å². The number of benzene rings is 1. The molecule has 2 heteroatoms. The number of alkyl halides is 1. The third-order valence-electron chi connectivity index (χ3n) is 3.41. The van der Waals surface area contributed by atoms with Crippen molar-refractivity contribution in [2.24, 2.45) is 5.92 Å². The Hall–Kier alpha value is -0.790. The summed E-state index contributed by atoms with van der Waals surface area (Å²) in [5, 5.41) is 4.38. The summed E-state index contributed by atoms with van der Waals surface area (Å²) in [6.07, 6.45) is 3.42. The molecule has 18 heavy (non-hydrogen) atoms. The van der Waals surface area contributed by atoms with Crippen LogP contribution in [-0.4, -0.2) is 5.88 Å². The molecule has 96 valence electrons. The standard InChI is InChI=1S/C16H19ClS/c1-13-4-2-3-5-16(13)10-15(11-17)7-6-14-8-9-18-12-14/h2-5,8-9,12,15H,6-7,10-11H2,1H3. The summed E-state index contributed by atoms with van der Waals surface area (Å²) >= 11 is 7.88. The van der Waals surface area contributed by atoms with Crippen molar-refractivity contribution in [2.75, 3.05) is 5.88 Å². The summed E-state index contributed by atoms with van der Waals surface area (Å²) in [6, 6.07) is 10.8. The highest BCUT2D eigenvalue weighted by Crippen LogP contribution is 2.20. The zero-order valence-corrected chi connectivity index (χ0v) is 12.3. The lowest BCUT2D eigenvalue weighted by atomic mass is 9.93. The molecule has 0 nitrogen and oxygen atoms in total. The molecule has 0 amide bonds. The van der Waals surface area contributed by atoms with Gasteiger partial charge in [-0.15, -0.1) is 11.6 Å². The number of thiophene rings is 1. The van der Waals surface area contributed by atoms with Crippen LogP contribution in [0.5, 0.6) is 0 Å². The Balaban J connectivity index is 1.91. The van der Waals surface area contributed by atoms with E-state index in [0.717, 1.165) is 18.7 Å². The Morgan fingerprint density at radius 3 is 2.72 bits per heavy atom. The molecule has 1 heterocycles. The SMILES string of the molecule is Cc1ccccc1CC(CCl)CCc1ccsc1. The van der Waals surface area contributed by atoms with E-state index in [1.165, 1.54) is 23.1 Å². The zero-order valence-electron chi connectivity index (χ0n) is 10.7. The van der Waals surface area contributed by atoms with Crippen molar-refractivity contribution in [2.45, 2.75) is 26.2 Å². The molecule has 2 aromatic rings. The Labute approximate surface area is 119 Å². The van der Waals surface area contributed by atoms with Crippen molar-refractivity contribution < 1.29 is 0 Å². The summed E-state index contributed by atoms with van der Waals surface area (Å²) in [5.74, 6) is 1.33. The highest BCUT2D eigenvalue weighted by Gasteiger charge is 2.10. The number of hydrogen-bond donors (Lipinski definition) is 0. The Morgan fingerprint density at radius 1 is 1.22 bits per heavy atom. The van der Waals surface area contributed by atoms with Crippen molar-refractivity contribution in [1.29, 1.82) is 0 Å². The van der Waals surface area contributed by atoms with E-state index >= 15 is 0 Å². The van der Waals surface area contributed by atoms with Crippen LogP contribution in [0, 0.1) is 12.8 Å². The van der Waals surface area contributed by atoms with E-state index in [1.54, 1.807) is 11.3 Å². The van der Waals surface area contributed by atoms with Gasteiger partial charge in [0.05, 0.1) is 0 Å². The van der Waals surface area contributed by atoms with Gasteiger partial charge in [0.25, 0.3) is 0 Å². The molecule has 0 aliphatic heterocycles. The molecule has 0 radical (unpaired) electrons. The van der Waals surface area contributed by atoms with Crippen LogP contribution in [0.15, 0.2) is 41.1 Å². The summed E-state index contributed by atoms with van der Waals surface area (Å²) in [7, 11) is 0.